The van der Waals surface area contributed by atoms with Crippen molar-refractivity contribution in [2.45, 2.75) is 13.0 Å². The number of halogens is 2. The molecule has 30 heavy (non-hydrogen) atoms. The second kappa shape index (κ2) is 8.39. The molecule has 0 saturated carbocycles. The topological polar surface area (TPSA) is 60.2 Å². The zero-order chi connectivity index (χ0) is 21.3. The Hall–Kier alpha value is -3.01. The standard InChI is InChI=1S/C23H20ClFN4O/c1-15-20(13-17-12-18(24)4-7-21(17)27-15)23(30)29-10-8-28(9-11-29)22(14-26)16-2-5-19(25)6-3-16/h2-7,12-13,22H,8-11H2,1H3. The Morgan fingerprint density at radius 2 is 1.83 bits per heavy atom. The normalized spacial score (nSPS) is 15.7. The van der Waals surface area contributed by atoms with Crippen LogP contribution in [0, 0.1) is 24.1 Å². The number of pyridine rings is 1. The van der Waals surface area contributed by atoms with Crippen molar-refractivity contribution in [1.29, 1.82) is 5.26 Å². The number of hydrogen-bond donors (Lipinski definition) is 0. The van der Waals surface area contributed by atoms with Crippen molar-refractivity contribution in [2.75, 3.05) is 26.2 Å². The van der Waals surface area contributed by atoms with Crippen molar-refractivity contribution in [1.82, 2.24) is 14.8 Å². The van der Waals surface area contributed by atoms with E-state index in [1.54, 1.807) is 29.2 Å². The summed E-state index contributed by atoms with van der Waals surface area (Å²) in [4.78, 5) is 21.5. The fourth-order valence-electron chi connectivity index (χ4n) is 3.83. The average molecular weight is 423 g/mol. The molecular formula is C23H20ClFN4O. The molecule has 0 spiro atoms. The first-order valence-corrected chi connectivity index (χ1v) is 10.1. The number of carbonyl (C=O) groups is 1. The van der Waals surface area contributed by atoms with Gasteiger partial charge in [-0.3, -0.25) is 14.7 Å². The van der Waals surface area contributed by atoms with Gasteiger partial charge in [-0.15, -0.1) is 0 Å². The number of piperazine rings is 1. The molecule has 1 atom stereocenters. The van der Waals surface area contributed by atoms with Crippen molar-refractivity contribution in [2.24, 2.45) is 0 Å². The average Bonchev–Trinajstić information content (AvgIpc) is 2.75. The smallest absolute Gasteiger partial charge is 0.255 e. The van der Waals surface area contributed by atoms with Gasteiger partial charge in [-0.2, -0.15) is 5.26 Å². The van der Waals surface area contributed by atoms with Crippen LogP contribution in [0.25, 0.3) is 10.9 Å². The van der Waals surface area contributed by atoms with Gasteiger partial charge in [0.2, 0.25) is 0 Å². The second-order valence-corrected chi connectivity index (χ2v) is 7.81. The highest BCUT2D eigenvalue weighted by molar-refractivity contribution is 6.31. The van der Waals surface area contributed by atoms with Crippen LogP contribution in [-0.4, -0.2) is 46.9 Å². The highest BCUT2D eigenvalue weighted by Crippen LogP contribution is 2.24. The van der Waals surface area contributed by atoms with E-state index in [1.807, 2.05) is 24.0 Å². The lowest BCUT2D eigenvalue weighted by Gasteiger charge is -2.37. The van der Waals surface area contributed by atoms with Gasteiger partial charge < -0.3 is 4.90 Å². The van der Waals surface area contributed by atoms with Gasteiger partial charge in [-0.05, 0) is 48.9 Å². The van der Waals surface area contributed by atoms with Gasteiger partial charge in [0.15, 0.2) is 0 Å². The number of nitrogens with zero attached hydrogens (tertiary/aromatic N) is 4. The molecule has 2 aromatic carbocycles. The predicted molar refractivity (Wildman–Crippen MR) is 114 cm³/mol. The first-order chi connectivity index (χ1) is 14.5. The molecule has 1 aliphatic heterocycles. The summed E-state index contributed by atoms with van der Waals surface area (Å²) in [5, 5.41) is 11.1. The molecular weight excluding hydrogens is 403 g/mol. The molecule has 0 N–H and O–H groups in total. The number of aromatic nitrogens is 1. The van der Waals surface area contributed by atoms with Gasteiger partial charge in [-0.1, -0.05) is 23.7 Å². The van der Waals surface area contributed by atoms with Crippen molar-refractivity contribution >= 4 is 28.4 Å². The molecule has 1 unspecified atom stereocenters. The third kappa shape index (κ3) is 4.00. The van der Waals surface area contributed by atoms with E-state index in [9.17, 15) is 14.4 Å². The van der Waals surface area contributed by atoms with Crippen LogP contribution in [0.3, 0.4) is 0 Å². The molecule has 4 rings (SSSR count). The molecule has 152 valence electrons. The highest BCUT2D eigenvalue weighted by Gasteiger charge is 2.28. The predicted octanol–water partition coefficient (Wildman–Crippen LogP) is 4.36. The molecule has 0 radical (unpaired) electrons. The van der Waals surface area contributed by atoms with Crippen molar-refractivity contribution in [3.8, 4) is 6.07 Å². The Balaban J connectivity index is 1.49. The van der Waals surface area contributed by atoms with E-state index in [0.29, 0.717) is 42.5 Å². The number of carbonyl (C=O) groups excluding carboxylic acids is 1. The number of amides is 1. The zero-order valence-corrected chi connectivity index (χ0v) is 17.2. The monoisotopic (exact) mass is 422 g/mol. The van der Waals surface area contributed by atoms with Crippen molar-refractivity contribution in [3.63, 3.8) is 0 Å². The summed E-state index contributed by atoms with van der Waals surface area (Å²) in [7, 11) is 0. The summed E-state index contributed by atoms with van der Waals surface area (Å²) in [6.45, 7) is 3.97. The summed E-state index contributed by atoms with van der Waals surface area (Å²) in [6.07, 6.45) is 0. The molecule has 1 aromatic heterocycles. The van der Waals surface area contributed by atoms with Crippen molar-refractivity contribution < 1.29 is 9.18 Å². The number of fused-ring (bicyclic) bond motifs is 1. The maximum Gasteiger partial charge on any atom is 0.255 e. The molecule has 1 amide bonds. The number of aryl methyl sites for hydroxylation is 1. The number of nitriles is 1. The van der Waals surface area contributed by atoms with Crippen LogP contribution in [0.5, 0.6) is 0 Å². The maximum atomic E-state index is 13.2. The van der Waals surface area contributed by atoms with Gasteiger partial charge in [0.1, 0.15) is 11.9 Å². The lowest BCUT2D eigenvalue weighted by Crippen LogP contribution is -2.49. The third-order valence-electron chi connectivity index (χ3n) is 5.47. The van der Waals surface area contributed by atoms with Gasteiger partial charge in [-0.25, -0.2) is 4.39 Å². The summed E-state index contributed by atoms with van der Waals surface area (Å²) < 4.78 is 13.2. The Morgan fingerprint density at radius 1 is 1.13 bits per heavy atom. The van der Waals surface area contributed by atoms with E-state index in [4.69, 9.17) is 11.6 Å². The Labute approximate surface area is 179 Å². The minimum Gasteiger partial charge on any atom is -0.336 e. The fourth-order valence-corrected chi connectivity index (χ4v) is 4.01. The first kappa shape index (κ1) is 20.3. The van der Waals surface area contributed by atoms with Crippen LogP contribution < -0.4 is 0 Å². The maximum absolute atomic E-state index is 13.2. The molecule has 1 saturated heterocycles. The number of rotatable bonds is 3. The van der Waals surface area contributed by atoms with Crippen LogP contribution in [-0.2, 0) is 0 Å². The minimum absolute atomic E-state index is 0.0724. The Bertz CT molecular complexity index is 1130. The second-order valence-electron chi connectivity index (χ2n) is 7.37. The molecule has 1 fully saturated rings. The number of hydrogen-bond acceptors (Lipinski definition) is 4. The third-order valence-corrected chi connectivity index (χ3v) is 5.71. The van der Waals surface area contributed by atoms with Gasteiger partial charge in [0.05, 0.1) is 22.8 Å². The molecule has 2 heterocycles. The quantitative estimate of drug-likeness (QED) is 0.629. The van der Waals surface area contributed by atoms with Gasteiger partial charge in [0.25, 0.3) is 5.91 Å². The Morgan fingerprint density at radius 3 is 2.50 bits per heavy atom. The summed E-state index contributed by atoms with van der Waals surface area (Å²) in [6, 6.07) is 15.1. The summed E-state index contributed by atoms with van der Waals surface area (Å²) >= 11 is 6.08. The first-order valence-electron chi connectivity index (χ1n) is 9.71. The van der Waals surface area contributed by atoms with E-state index in [0.717, 1.165) is 16.5 Å². The van der Waals surface area contributed by atoms with Gasteiger partial charge in [0, 0.05) is 36.6 Å². The Kier molecular flexibility index (Phi) is 5.67. The van der Waals surface area contributed by atoms with Crippen LogP contribution in [0.4, 0.5) is 4.39 Å². The summed E-state index contributed by atoms with van der Waals surface area (Å²) in [5.74, 6) is -0.400. The van der Waals surface area contributed by atoms with E-state index in [-0.39, 0.29) is 11.7 Å². The molecule has 0 bridgehead atoms. The molecule has 1 aliphatic rings. The SMILES string of the molecule is Cc1nc2ccc(Cl)cc2cc1C(=O)N1CCN(C(C#N)c2ccc(F)cc2)CC1. The summed E-state index contributed by atoms with van der Waals surface area (Å²) in [5.41, 5.74) is 2.80. The van der Waals surface area contributed by atoms with Gasteiger partial charge >= 0.3 is 0 Å². The highest BCUT2D eigenvalue weighted by atomic mass is 35.5. The molecule has 0 aliphatic carbocycles. The van der Waals surface area contributed by atoms with E-state index in [1.165, 1.54) is 12.1 Å². The van der Waals surface area contributed by atoms with Crippen LogP contribution in [0.1, 0.15) is 27.7 Å². The largest absolute Gasteiger partial charge is 0.336 e. The van der Waals surface area contributed by atoms with Crippen LogP contribution >= 0.6 is 11.6 Å². The van der Waals surface area contributed by atoms with Crippen molar-refractivity contribution in [3.05, 3.63) is 76.2 Å². The van der Waals surface area contributed by atoms with E-state index < -0.39 is 6.04 Å². The molecule has 3 aromatic rings. The zero-order valence-electron chi connectivity index (χ0n) is 16.5. The fraction of sp³-hybridized carbons (Fsp3) is 0.261. The van der Waals surface area contributed by atoms with Crippen LogP contribution in [0.15, 0.2) is 48.5 Å². The molecule has 7 heteroatoms. The van der Waals surface area contributed by atoms with E-state index in [2.05, 4.69) is 11.1 Å². The lowest BCUT2D eigenvalue weighted by atomic mass is 10.0. The van der Waals surface area contributed by atoms with E-state index >= 15 is 0 Å². The molecule has 5 nitrogen and oxygen atoms in total. The lowest BCUT2D eigenvalue weighted by molar-refractivity contribution is 0.0605. The number of benzene rings is 2. The van der Waals surface area contributed by atoms with Crippen LogP contribution in [0.2, 0.25) is 5.02 Å². The minimum atomic E-state index is -0.464.